The van der Waals surface area contributed by atoms with Gasteiger partial charge in [0.15, 0.2) is 0 Å². The first-order valence-corrected chi connectivity index (χ1v) is 10.6. The Balaban J connectivity index is 0.000000703. The average Bonchev–Trinajstić information content (AvgIpc) is 2.77. The number of rotatable bonds is 9. The van der Waals surface area contributed by atoms with E-state index in [4.69, 9.17) is 5.11 Å². The summed E-state index contributed by atoms with van der Waals surface area (Å²) >= 11 is 0. The standard InChI is InChI=1S/C21H28N2O2.C4H8O2/c1-21(2,23-15-19(24)17-7-5-4-6-8-17)14-13-16-9-11-18(12-10-16)20(25)22-3;1-3(2)4(5)6/h4-12,19,23-24H,13-15H2,1-3H3,(H,22,25);3H,1-2H3,(H,5,6)/t19-;/m0./s1. The maximum atomic E-state index is 11.6. The van der Waals surface area contributed by atoms with Crippen molar-refractivity contribution in [2.75, 3.05) is 13.6 Å². The number of carboxylic acids is 1. The summed E-state index contributed by atoms with van der Waals surface area (Å²) in [5, 5.41) is 24.3. The van der Waals surface area contributed by atoms with Gasteiger partial charge in [0.2, 0.25) is 0 Å². The molecule has 31 heavy (non-hydrogen) atoms. The zero-order valence-electron chi connectivity index (χ0n) is 19.2. The predicted molar refractivity (Wildman–Crippen MR) is 124 cm³/mol. The van der Waals surface area contributed by atoms with Crippen LogP contribution in [0.4, 0.5) is 0 Å². The molecule has 0 aromatic heterocycles. The van der Waals surface area contributed by atoms with Crippen molar-refractivity contribution in [1.82, 2.24) is 10.6 Å². The molecule has 0 bridgehead atoms. The highest BCUT2D eigenvalue weighted by Gasteiger charge is 2.19. The second kappa shape index (κ2) is 12.9. The van der Waals surface area contributed by atoms with E-state index in [1.165, 1.54) is 5.56 Å². The molecular weight excluding hydrogens is 392 g/mol. The lowest BCUT2D eigenvalue weighted by atomic mass is 9.94. The van der Waals surface area contributed by atoms with E-state index in [0.717, 1.165) is 18.4 Å². The van der Waals surface area contributed by atoms with E-state index in [1.807, 2.05) is 54.6 Å². The number of aliphatic hydroxyl groups is 1. The van der Waals surface area contributed by atoms with Crippen LogP contribution in [-0.2, 0) is 11.2 Å². The largest absolute Gasteiger partial charge is 0.481 e. The Morgan fingerprint density at radius 2 is 1.55 bits per heavy atom. The van der Waals surface area contributed by atoms with Gasteiger partial charge in [-0.05, 0) is 49.9 Å². The minimum Gasteiger partial charge on any atom is -0.481 e. The lowest BCUT2D eigenvalue weighted by molar-refractivity contribution is -0.140. The van der Waals surface area contributed by atoms with Crippen LogP contribution >= 0.6 is 0 Å². The molecule has 0 saturated heterocycles. The number of nitrogens with one attached hydrogen (secondary N) is 2. The first-order chi connectivity index (χ1) is 14.6. The van der Waals surface area contributed by atoms with E-state index in [2.05, 4.69) is 24.5 Å². The van der Waals surface area contributed by atoms with Crippen LogP contribution in [0.3, 0.4) is 0 Å². The van der Waals surface area contributed by atoms with Crippen LogP contribution in [0.15, 0.2) is 54.6 Å². The summed E-state index contributed by atoms with van der Waals surface area (Å²) < 4.78 is 0. The summed E-state index contributed by atoms with van der Waals surface area (Å²) in [6, 6.07) is 17.4. The number of amides is 1. The molecule has 0 aliphatic heterocycles. The van der Waals surface area contributed by atoms with Crippen LogP contribution in [0.5, 0.6) is 0 Å². The van der Waals surface area contributed by atoms with Gasteiger partial charge in [-0.2, -0.15) is 0 Å². The minimum absolute atomic E-state index is 0.0663. The summed E-state index contributed by atoms with van der Waals surface area (Å²) in [6.45, 7) is 8.09. The number of carboxylic acid groups (broad SMARTS) is 1. The minimum atomic E-state index is -0.741. The Hall–Kier alpha value is -2.70. The molecule has 2 aromatic carbocycles. The Morgan fingerprint density at radius 3 is 2.03 bits per heavy atom. The maximum absolute atomic E-state index is 11.6. The molecule has 0 aliphatic rings. The van der Waals surface area contributed by atoms with Crippen LogP contribution in [0.1, 0.15) is 61.7 Å². The summed E-state index contributed by atoms with van der Waals surface area (Å²) in [5.41, 5.74) is 2.71. The van der Waals surface area contributed by atoms with Crippen molar-refractivity contribution in [1.29, 1.82) is 0 Å². The number of aliphatic hydroxyl groups excluding tert-OH is 1. The highest BCUT2D eigenvalue weighted by Crippen LogP contribution is 2.17. The van der Waals surface area contributed by atoms with Crippen molar-refractivity contribution < 1.29 is 19.8 Å². The van der Waals surface area contributed by atoms with Crippen LogP contribution in [-0.4, -0.2) is 41.2 Å². The van der Waals surface area contributed by atoms with Crippen LogP contribution in [0.2, 0.25) is 0 Å². The highest BCUT2D eigenvalue weighted by molar-refractivity contribution is 5.93. The molecule has 4 N–H and O–H groups in total. The van der Waals surface area contributed by atoms with Gasteiger partial charge in [-0.1, -0.05) is 56.3 Å². The quantitative estimate of drug-likeness (QED) is 0.487. The normalized spacial score (nSPS) is 12.0. The number of aryl methyl sites for hydroxylation is 1. The third kappa shape index (κ3) is 10.2. The average molecular weight is 429 g/mol. The summed E-state index contributed by atoms with van der Waals surface area (Å²) in [6.07, 6.45) is 1.34. The van der Waals surface area contributed by atoms with E-state index in [-0.39, 0.29) is 17.4 Å². The molecule has 6 heteroatoms. The van der Waals surface area contributed by atoms with E-state index in [0.29, 0.717) is 12.1 Å². The monoisotopic (exact) mass is 428 g/mol. The van der Waals surface area contributed by atoms with Crippen molar-refractivity contribution in [3.05, 3.63) is 71.3 Å². The molecule has 1 amide bonds. The Labute approximate surface area is 185 Å². The number of β-amino-alcohol motifs (C(OH)–C–C–N with tert-alkyl or cyclic N) is 1. The number of hydrogen-bond acceptors (Lipinski definition) is 4. The van der Waals surface area contributed by atoms with E-state index in [9.17, 15) is 14.7 Å². The molecule has 1 atom stereocenters. The topological polar surface area (TPSA) is 98.7 Å². The molecule has 0 heterocycles. The maximum Gasteiger partial charge on any atom is 0.305 e. The van der Waals surface area contributed by atoms with Gasteiger partial charge in [-0.3, -0.25) is 9.59 Å². The number of benzene rings is 2. The van der Waals surface area contributed by atoms with Gasteiger partial charge < -0.3 is 20.8 Å². The second-order valence-electron chi connectivity index (χ2n) is 8.46. The van der Waals surface area contributed by atoms with Crippen LogP contribution in [0.25, 0.3) is 0 Å². The van der Waals surface area contributed by atoms with Crippen LogP contribution in [0, 0.1) is 5.92 Å². The van der Waals surface area contributed by atoms with Gasteiger partial charge in [-0.25, -0.2) is 0 Å². The molecule has 0 spiro atoms. The van der Waals surface area contributed by atoms with E-state index in [1.54, 1.807) is 20.9 Å². The zero-order valence-corrected chi connectivity index (χ0v) is 19.2. The van der Waals surface area contributed by atoms with Gasteiger partial charge in [0.05, 0.1) is 12.0 Å². The van der Waals surface area contributed by atoms with Crippen molar-refractivity contribution >= 4 is 11.9 Å². The third-order valence-corrected chi connectivity index (χ3v) is 4.93. The number of carbonyl (C=O) groups is 2. The predicted octanol–water partition coefficient (Wildman–Crippen LogP) is 3.81. The Bertz CT molecular complexity index is 802. The highest BCUT2D eigenvalue weighted by atomic mass is 16.4. The second-order valence-corrected chi connectivity index (χ2v) is 8.46. The van der Waals surface area contributed by atoms with Gasteiger partial charge in [0, 0.05) is 24.7 Å². The van der Waals surface area contributed by atoms with Crippen molar-refractivity contribution in [3.63, 3.8) is 0 Å². The van der Waals surface area contributed by atoms with Crippen LogP contribution < -0.4 is 10.6 Å². The molecule has 6 nitrogen and oxygen atoms in total. The van der Waals surface area contributed by atoms with E-state index < -0.39 is 12.1 Å². The molecule has 0 saturated carbocycles. The SMILES string of the molecule is CC(C)C(=O)O.CNC(=O)c1ccc(CCC(C)(C)NC[C@H](O)c2ccccc2)cc1. The zero-order chi connectivity index (χ0) is 23.4. The Kier molecular flexibility index (Phi) is 10.9. The van der Waals surface area contributed by atoms with Gasteiger partial charge in [0.25, 0.3) is 5.91 Å². The molecule has 0 unspecified atom stereocenters. The lowest BCUT2D eigenvalue weighted by Gasteiger charge is -2.28. The summed E-state index contributed by atoms with van der Waals surface area (Å²) in [5.74, 6) is -1.04. The summed E-state index contributed by atoms with van der Waals surface area (Å²) in [4.78, 5) is 21.3. The van der Waals surface area contributed by atoms with Gasteiger partial charge in [-0.15, -0.1) is 0 Å². The van der Waals surface area contributed by atoms with Gasteiger partial charge >= 0.3 is 5.97 Å². The van der Waals surface area contributed by atoms with Crippen molar-refractivity contribution in [3.8, 4) is 0 Å². The first kappa shape index (κ1) is 26.3. The fourth-order valence-electron chi connectivity index (χ4n) is 2.68. The van der Waals surface area contributed by atoms with Crippen molar-refractivity contribution in [2.24, 2.45) is 5.92 Å². The van der Waals surface area contributed by atoms with E-state index >= 15 is 0 Å². The molecule has 2 aromatic rings. The molecule has 0 aliphatic carbocycles. The number of carbonyl (C=O) groups excluding carboxylic acids is 1. The summed E-state index contributed by atoms with van der Waals surface area (Å²) in [7, 11) is 1.63. The first-order valence-electron chi connectivity index (χ1n) is 10.6. The molecular formula is C25H36N2O4. The fourth-order valence-corrected chi connectivity index (χ4v) is 2.68. The Morgan fingerprint density at radius 1 is 1.00 bits per heavy atom. The lowest BCUT2D eigenvalue weighted by Crippen LogP contribution is -2.41. The molecule has 0 radical (unpaired) electrons. The molecule has 0 fully saturated rings. The fraction of sp³-hybridized carbons (Fsp3) is 0.440. The smallest absolute Gasteiger partial charge is 0.305 e. The molecule has 2 rings (SSSR count). The number of aliphatic carboxylic acids is 1. The van der Waals surface area contributed by atoms with Gasteiger partial charge in [0.1, 0.15) is 0 Å². The van der Waals surface area contributed by atoms with Crippen molar-refractivity contribution in [2.45, 2.75) is 52.2 Å². The third-order valence-electron chi connectivity index (χ3n) is 4.93. The molecule has 170 valence electrons. The number of hydrogen-bond donors (Lipinski definition) is 4.